The standard InChI is InChI=1S/C15H22N2O7/c1-3-23-12(19)8-7-10(15(22)24-4-2)16-13(20)14(21)17-9-5-6-11(17)18/h10H,3-9H2,1-2H3,(H,16,20). The number of rotatable bonds is 7. The fraction of sp³-hybridized carbons (Fsp3) is 0.667. The van der Waals surface area contributed by atoms with Crippen LogP contribution in [-0.2, 0) is 33.4 Å². The van der Waals surface area contributed by atoms with Crippen molar-refractivity contribution >= 4 is 29.7 Å². The van der Waals surface area contributed by atoms with Crippen LogP contribution >= 0.6 is 0 Å². The lowest BCUT2D eigenvalue weighted by atomic mass is 10.1. The molecule has 1 heterocycles. The van der Waals surface area contributed by atoms with Crippen LogP contribution in [-0.4, -0.2) is 60.4 Å². The Kier molecular flexibility index (Phi) is 7.87. The molecule has 3 amide bonds. The van der Waals surface area contributed by atoms with Gasteiger partial charge in [-0.1, -0.05) is 0 Å². The largest absolute Gasteiger partial charge is 0.466 e. The molecule has 9 nitrogen and oxygen atoms in total. The van der Waals surface area contributed by atoms with Crippen molar-refractivity contribution in [2.45, 2.75) is 45.6 Å². The lowest BCUT2D eigenvalue weighted by molar-refractivity contribution is -0.153. The first-order valence-corrected chi connectivity index (χ1v) is 7.88. The maximum absolute atomic E-state index is 12.0. The Morgan fingerprint density at radius 3 is 2.38 bits per heavy atom. The van der Waals surface area contributed by atoms with Crippen molar-refractivity contribution in [3.8, 4) is 0 Å². The number of nitrogens with one attached hydrogen (secondary N) is 1. The Hall–Kier alpha value is -2.45. The molecule has 9 heteroatoms. The molecular weight excluding hydrogens is 320 g/mol. The molecule has 1 fully saturated rings. The number of amides is 3. The highest BCUT2D eigenvalue weighted by Crippen LogP contribution is 2.10. The van der Waals surface area contributed by atoms with Crippen molar-refractivity contribution < 1.29 is 33.4 Å². The molecule has 0 aromatic rings. The van der Waals surface area contributed by atoms with E-state index in [0.29, 0.717) is 6.42 Å². The van der Waals surface area contributed by atoms with E-state index in [0.717, 1.165) is 4.90 Å². The number of likely N-dealkylation sites (tertiary alicyclic amines) is 1. The van der Waals surface area contributed by atoms with E-state index in [-0.39, 0.29) is 39.0 Å². The Labute approximate surface area is 139 Å². The summed E-state index contributed by atoms with van der Waals surface area (Å²) < 4.78 is 9.58. The first-order valence-electron chi connectivity index (χ1n) is 7.88. The van der Waals surface area contributed by atoms with Gasteiger partial charge in [0, 0.05) is 19.4 Å². The van der Waals surface area contributed by atoms with Crippen molar-refractivity contribution in [3.63, 3.8) is 0 Å². The highest BCUT2D eigenvalue weighted by molar-refractivity contribution is 6.38. The number of carbonyl (C=O) groups excluding carboxylic acids is 5. The Morgan fingerprint density at radius 1 is 1.17 bits per heavy atom. The molecule has 0 spiro atoms. The van der Waals surface area contributed by atoms with Gasteiger partial charge in [0.25, 0.3) is 0 Å². The summed E-state index contributed by atoms with van der Waals surface area (Å²) in [5.74, 6) is -3.79. The van der Waals surface area contributed by atoms with E-state index in [1.807, 2.05) is 0 Å². The second-order valence-corrected chi connectivity index (χ2v) is 5.08. The van der Waals surface area contributed by atoms with Gasteiger partial charge in [-0.25, -0.2) is 4.79 Å². The van der Waals surface area contributed by atoms with Crippen LogP contribution in [0.4, 0.5) is 0 Å². The summed E-state index contributed by atoms with van der Waals surface area (Å²) in [5.41, 5.74) is 0. The van der Waals surface area contributed by atoms with E-state index in [4.69, 9.17) is 9.47 Å². The number of nitrogens with zero attached hydrogens (tertiary/aromatic N) is 1. The molecule has 1 atom stereocenters. The van der Waals surface area contributed by atoms with Crippen molar-refractivity contribution in [3.05, 3.63) is 0 Å². The lowest BCUT2D eigenvalue weighted by Crippen LogP contribution is -2.50. The molecule has 1 N–H and O–H groups in total. The first kappa shape index (κ1) is 19.6. The van der Waals surface area contributed by atoms with Gasteiger partial charge in [-0.2, -0.15) is 0 Å². The molecule has 1 aliphatic heterocycles. The van der Waals surface area contributed by atoms with Crippen molar-refractivity contribution in [2.75, 3.05) is 19.8 Å². The molecule has 1 rings (SSSR count). The normalized spacial score (nSPS) is 14.9. The smallest absolute Gasteiger partial charge is 0.328 e. The number of carbonyl (C=O) groups is 5. The van der Waals surface area contributed by atoms with Crippen molar-refractivity contribution in [1.82, 2.24) is 10.2 Å². The van der Waals surface area contributed by atoms with Crippen LogP contribution in [0, 0.1) is 0 Å². The lowest BCUT2D eigenvalue weighted by Gasteiger charge is -2.18. The molecule has 24 heavy (non-hydrogen) atoms. The van der Waals surface area contributed by atoms with E-state index < -0.39 is 35.7 Å². The summed E-state index contributed by atoms with van der Waals surface area (Å²) in [7, 11) is 0. The van der Waals surface area contributed by atoms with Gasteiger partial charge in [0.2, 0.25) is 5.91 Å². The predicted octanol–water partition coefficient (Wildman–Crippen LogP) is -0.473. The third-order valence-corrected chi connectivity index (χ3v) is 3.33. The summed E-state index contributed by atoms with van der Waals surface area (Å²) in [6, 6.07) is -1.16. The molecule has 0 aliphatic carbocycles. The number of imide groups is 1. The van der Waals surface area contributed by atoms with Gasteiger partial charge >= 0.3 is 23.8 Å². The van der Waals surface area contributed by atoms with Crippen LogP contribution in [0.5, 0.6) is 0 Å². The van der Waals surface area contributed by atoms with Gasteiger partial charge in [0.05, 0.1) is 13.2 Å². The molecular formula is C15H22N2O7. The SMILES string of the molecule is CCOC(=O)CCC(NC(=O)C(=O)N1CCCC1=O)C(=O)OCC. The summed E-state index contributed by atoms with van der Waals surface area (Å²) in [6.07, 6.45) is 0.532. The van der Waals surface area contributed by atoms with Gasteiger partial charge in [-0.15, -0.1) is 0 Å². The molecule has 1 aliphatic rings. The van der Waals surface area contributed by atoms with E-state index in [1.165, 1.54) is 0 Å². The second-order valence-electron chi connectivity index (χ2n) is 5.08. The summed E-state index contributed by atoms with van der Waals surface area (Å²) in [4.78, 5) is 59.6. The molecule has 1 saturated heterocycles. The molecule has 0 bridgehead atoms. The Morgan fingerprint density at radius 2 is 1.83 bits per heavy atom. The summed E-state index contributed by atoms with van der Waals surface area (Å²) >= 11 is 0. The zero-order chi connectivity index (χ0) is 18.1. The van der Waals surface area contributed by atoms with E-state index in [9.17, 15) is 24.0 Å². The third-order valence-electron chi connectivity index (χ3n) is 3.33. The average molecular weight is 342 g/mol. The Bertz CT molecular complexity index is 518. The fourth-order valence-corrected chi connectivity index (χ4v) is 2.19. The van der Waals surface area contributed by atoms with Gasteiger partial charge < -0.3 is 14.8 Å². The zero-order valence-corrected chi connectivity index (χ0v) is 13.8. The minimum Gasteiger partial charge on any atom is -0.466 e. The first-order chi connectivity index (χ1) is 11.4. The summed E-state index contributed by atoms with van der Waals surface area (Å²) in [5, 5.41) is 2.23. The van der Waals surface area contributed by atoms with Crippen LogP contribution in [0.2, 0.25) is 0 Å². The van der Waals surface area contributed by atoms with Gasteiger partial charge in [-0.05, 0) is 26.7 Å². The fourth-order valence-electron chi connectivity index (χ4n) is 2.19. The molecule has 0 aromatic heterocycles. The average Bonchev–Trinajstić information content (AvgIpc) is 2.96. The third kappa shape index (κ3) is 5.64. The molecule has 1 unspecified atom stereocenters. The van der Waals surface area contributed by atoms with E-state index >= 15 is 0 Å². The van der Waals surface area contributed by atoms with E-state index in [1.54, 1.807) is 13.8 Å². The van der Waals surface area contributed by atoms with Crippen molar-refractivity contribution in [1.29, 1.82) is 0 Å². The minimum absolute atomic E-state index is 0.0648. The second kappa shape index (κ2) is 9.64. The molecule has 0 saturated carbocycles. The molecule has 134 valence electrons. The van der Waals surface area contributed by atoms with Crippen LogP contribution in [0.25, 0.3) is 0 Å². The van der Waals surface area contributed by atoms with Gasteiger partial charge in [0.1, 0.15) is 6.04 Å². The quantitative estimate of drug-likeness (QED) is 0.490. The Balaban J connectivity index is 2.66. The van der Waals surface area contributed by atoms with Crippen LogP contribution in [0.1, 0.15) is 39.5 Å². The summed E-state index contributed by atoms with van der Waals surface area (Å²) in [6.45, 7) is 3.70. The molecule has 0 radical (unpaired) electrons. The number of esters is 2. The van der Waals surface area contributed by atoms with Gasteiger partial charge in [0.15, 0.2) is 0 Å². The monoisotopic (exact) mass is 342 g/mol. The topological polar surface area (TPSA) is 119 Å². The van der Waals surface area contributed by atoms with Crippen LogP contribution < -0.4 is 5.32 Å². The number of ether oxygens (including phenoxy) is 2. The molecule has 0 aromatic carbocycles. The highest BCUT2D eigenvalue weighted by Gasteiger charge is 2.33. The highest BCUT2D eigenvalue weighted by atomic mass is 16.5. The predicted molar refractivity (Wildman–Crippen MR) is 80.4 cm³/mol. The number of hydrogen-bond acceptors (Lipinski definition) is 7. The minimum atomic E-state index is -1.16. The van der Waals surface area contributed by atoms with Gasteiger partial charge in [-0.3, -0.25) is 24.1 Å². The maximum Gasteiger partial charge on any atom is 0.328 e. The maximum atomic E-state index is 12.0. The van der Waals surface area contributed by atoms with Crippen LogP contribution in [0.15, 0.2) is 0 Å². The number of hydrogen-bond donors (Lipinski definition) is 1. The van der Waals surface area contributed by atoms with Crippen molar-refractivity contribution in [2.24, 2.45) is 0 Å². The zero-order valence-electron chi connectivity index (χ0n) is 13.8. The van der Waals surface area contributed by atoms with Crippen LogP contribution in [0.3, 0.4) is 0 Å². The van der Waals surface area contributed by atoms with E-state index in [2.05, 4.69) is 5.32 Å².